The van der Waals surface area contributed by atoms with Gasteiger partial charge in [0.25, 0.3) is 5.69 Å². The van der Waals surface area contributed by atoms with E-state index in [0.717, 1.165) is 12.1 Å². The number of carbonyl (C=O) groups is 1. The number of methoxy groups -OCH3 is 2. The number of nitriles is 1. The summed E-state index contributed by atoms with van der Waals surface area (Å²) in [5.41, 5.74) is -0.799. The van der Waals surface area contributed by atoms with Gasteiger partial charge < -0.3 is 14.2 Å². The third kappa shape index (κ3) is 3.14. The zero-order valence-corrected chi connectivity index (χ0v) is 11.1. The summed E-state index contributed by atoms with van der Waals surface area (Å²) in [6.07, 6.45) is -1.02. The normalized spacial score (nSPS) is 11.1. The molecule has 0 amide bonds. The van der Waals surface area contributed by atoms with Gasteiger partial charge >= 0.3 is 5.97 Å². The predicted molar refractivity (Wildman–Crippen MR) is 66.7 cm³/mol. The van der Waals surface area contributed by atoms with Crippen LogP contribution in [0.15, 0.2) is 12.1 Å². The van der Waals surface area contributed by atoms with E-state index < -0.39 is 22.7 Å². The maximum atomic E-state index is 11.8. The number of benzene rings is 1. The standard InChI is InChI=1S/C12H12N2O6/c1-7(6-13)20-12(15)8-4-10(18-2)11(19-3)5-9(8)14(16)17/h4-5,7H,1-3H3/t7-/m0/s1. The molecule has 0 heterocycles. The average molecular weight is 280 g/mol. The highest BCUT2D eigenvalue weighted by molar-refractivity contribution is 5.95. The molecule has 0 aromatic heterocycles. The third-order valence-corrected chi connectivity index (χ3v) is 2.38. The summed E-state index contributed by atoms with van der Waals surface area (Å²) in [6.45, 7) is 1.35. The van der Waals surface area contributed by atoms with Gasteiger partial charge in [0.05, 0.1) is 25.2 Å². The van der Waals surface area contributed by atoms with Crippen LogP contribution in [0.4, 0.5) is 5.69 Å². The lowest BCUT2D eigenvalue weighted by atomic mass is 10.1. The van der Waals surface area contributed by atoms with Crippen molar-refractivity contribution in [1.29, 1.82) is 5.26 Å². The molecule has 1 rings (SSSR count). The van der Waals surface area contributed by atoms with E-state index in [1.807, 2.05) is 0 Å². The van der Waals surface area contributed by atoms with Crippen molar-refractivity contribution in [2.45, 2.75) is 13.0 Å². The molecule has 0 spiro atoms. The summed E-state index contributed by atoms with van der Waals surface area (Å²) < 4.78 is 14.7. The Bertz CT molecular complexity index is 578. The van der Waals surface area contributed by atoms with Crippen LogP contribution in [-0.4, -0.2) is 31.2 Å². The summed E-state index contributed by atoms with van der Waals surface area (Å²) in [7, 11) is 2.65. The molecule has 20 heavy (non-hydrogen) atoms. The minimum atomic E-state index is -1.02. The van der Waals surface area contributed by atoms with Crippen LogP contribution in [0.3, 0.4) is 0 Å². The van der Waals surface area contributed by atoms with Crippen LogP contribution in [0, 0.1) is 21.4 Å². The minimum Gasteiger partial charge on any atom is -0.493 e. The second kappa shape index (κ2) is 6.38. The SMILES string of the molecule is COc1cc(C(=O)O[C@@H](C)C#N)c([N+](=O)[O-])cc1OC. The molecule has 1 aromatic carbocycles. The molecule has 0 fully saturated rings. The molecule has 8 heteroatoms. The van der Waals surface area contributed by atoms with Crippen LogP contribution >= 0.6 is 0 Å². The van der Waals surface area contributed by atoms with E-state index in [0.29, 0.717) is 0 Å². The molecule has 0 aliphatic rings. The van der Waals surface area contributed by atoms with Crippen LogP contribution in [0.1, 0.15) is 17.3 Å². The lowest BCUT2D eigenvalue weighted by molar-refractivity contribution is -0.385. The predicted octanol–water partition coefficient (Wildman–Crippen LogP) is 1.68. The van der Waals surface area contributed by atoms with Crippen LogP contribution in [0.5, 0.6) is 11.5 Å². The van der Waals surface area contributed by atoms with Gasteiger partial charge in [0.1, 0.15) is 11.6 Å². The lowest BCUT2D eigenvalue weighted by Gasteiger charge is -2.11. The Labute approximate surface area is 114 Å². The molecule has 1 atom stereocenters. The van der Waals surface area contributed by atoms with Crippen molar-refractivity contribution in [1.82, 2.24) is 0 Å². The van der Waals surface area contributed by atoms with Crippen molar-refractivity contribution in [3.8, 4) is 17.6 Å². The highest BCUT2D eigenvalue weighted by Crippen LogP contribution is 2.34. The van der Waals surface area contributed by atoms with E-state index in [4.69, 9.17) is 19.5 Å². The fraction of sp³-hybridized carbons (Fsp3) is 0.333. The van der Waals surface area contributed by atoms with Crippen molar-refractivity contribution in [2.24, 2.45) is 0 Å². The Morgan fingerprint density at radius 3 is 2.35 bits per heavy atom. The number of hydrogen-bond acceptors (Lipinski definition) is 7. The summed E-state index contributed by atoms with van der Waals surface area (Å²) in [6, 6.07) is 3.90. The van der Waals surface area contributed by atoms with E-state index in [2.05, 4.69) is 0 Å². The summed E-state index contributed by atoms with van der Waals surface area (Å²) in [5, 5.41) is 19.6. The van der Waals surface area contributed by atoms with Crippen LogP contribution in [0.2, 0.25) is 0 Å². The van der Waals surface area contributed by atoms with Crippen LogP contribution < -0.4 is 9.47 Å². The third-order valence-electron chi connectivity index (χ3n) is 2.38. The molecule has 0 N–H and O–H groups in total. The molecule has 8 nitrogen and oxygen atoms in total. The number of esters is 1. The second-order valence-electron chi connectivity index (χ2n) is 3.66. The number of rotatable bonds is 5. The molecule has 1 aromatic rings. The summed E-state index contributed by atoms with van der Waals surface area (Å²) in [5.74, 6) is -0.717. The molecule has 106 valence electrons. The maximum Gasteiger partial charge on any atom is 0.346 e. The molecule has 0 bridgehead atoms. The fourth-order valence-electron chi connectivity index (χ4n) is 1.43. The largest absolute Gasteiger partial charge is 0.493 e. The van der Waals surface area contributed by atoms with Crippen molar-refractivity contribution >= 4 is 11.7 Å². The molecule has 0 saturated heterocycles. The first-order valence-corrected chi connectivity index (χ1v) is 5.45. The van der Waals surface area contributed by atoms with Crippen molar-refractivity contribution in [2.75, 3.05) is 14.2 Å². The van der Waals surface area contributed by atoms with E-state index in [1.54, 1.807) is 6.07 Å². The number of hydrogen-bond donors (Lipinski definition) is 0. The lowest BCUT2D eigenvalue weighted by Crippen LogP contribution is -2.15. The van der Waals surface area contributed by atoms with Crippen LogP contribution in [0.25, 0.3) is 0 Å². The van der Waals surface area contributed by atoms with Gasteiger partial charge in [-0.15, -0.1) is 0 Å². The smallest absolute Gasteiger partial charge is 0.346 e. The van der Waals surface area contributed by atoms with Gasteiger partial charge in [-0.1, -0.05) is 0 Å². The monoisotopic (exact) mass is 280 g/mol. The number of nitro benzene ring substituents is 1. The Morgan fingerprint density at radius 1 is 1.35 bits per heavy atom. The highest BCUT2D eigenvalue weighted by atomic mass is 16.6. The molecular weight excluding hydrogens is 268 g/mol. The number of ether oxygens (including phenoxy) is 3. The maximum absolute atomic E-state index is 11.8. The quantitative estimate of drug-likeness (QED) is 0.458. The van der Waals surface area contributed by atoms with Gasteiger partial charge in [-0.2, -0.15) is 5.26 Å². The zero-order chi connectivity index (χ0) is 15.3. The molecule has 0 saturated carbocycles. The topological polar surface area (TPSA) is 112 Å². The first-order valence-electron chi connectivity index (χ1n) is 5.45. The Hall–Kier alpha value is -2.82. The van der Waals surface area contributed by atoms with Gasteiger partial charge in [0, 0.05) is 6.07 Å². The summed E-state index contributed by atoms with van der Waals surface area (Å²) in [4.78, 5) is 22.1. The first-order chi connectivity index (χ1) is 9.44. The van der Waals surface area contributed by atoms with Gasteiger partial charge in [0.2, 0.25) is 0 Å². The van der Waals surface area contributed by atoms with Gasteiger partial charge in [0.15, 0.2) is 17.6 Å². The molecule has 0 unspecified atom stereocenters. The van der Waals surface area contributed by atoms with E-state index in [1.165, 1.54) is 21.1 Å². The average Bonchev–Trinajstić information content (AvgIpc) is 2.45. The Balaban J connectivity index is 3.33. The van der Waals surface area contributed by atoms with Crippen molar-refractivity contribution < 1.29 is 23.9 Å². The second-order valence-corrected chi connectivity index (χ2v) is 3.66. The molecule has 0 aliphatic carbocycles. The molecule has 0 aliphatic heterocycles. The Kier molecular flexibility index (Phi) is 4.86. The Morgan fingerprint density at radius 2 is 1.90 bits per heavy atom. The zero-order valence-electron chi connectivity index (χ0n) is 11.1. The van der Waals surface area contributed by atoms with Gasteiger partial charge in [-0.3, -0.25) is 10.1 Å². The van der Waals surface area contributed by atoms with E-state index in [9.17, 15) is 14.9 Å². The van der Waals surface area contributed by atoms with E-state index >= 15 is 0 Å². The van der Waals surface area contributed by atoms with Gasteiger partial charge in [-0.05, 0) is 6.92 Å². The first kappa shape index (κ1) is 15.2. The van der Waals surface area contributed by atoms with Crippen LogP contribution in [-0.2, 0) is 4.74 Å². The highest BCUT2D eigenvalue weighted by Gasteiger charge is 2.26. The molecule has 0 radical (unpaired) electrons. The number of carbonyl (C=O) groups excluding carboxylic acids is 1. The number of nitrogens with zero attached hydrogens (tertiary/aromatic N) is 2. The minimum absolute atomic E-state index is 0.115. The van der Waals surface area contributed by atoms with Crippen molar-refractivity contribution in [3.05, 3.63) is 27.8 Å². The number of nitro groups is 1. The van der Waals surface area contributed by atoms with Crippen molar-refractivity contribution in [3.63, 3.8) is 0 Å². The molecular formula is C12H12N2O6. The summed E-state index contributed by atoms with van der Waals surface area (Å²) >= 11 is 0. The van der Waals surface area contributed by atoms with Gasteiger partial charge in [-0.25, -0.2) is 4.79 Å². The van der Waals surface area contributed by atoms with E-state index in [-0.39, 0.29) is 17.1 Å². The fourth-order valence-corrected chi connectivity index (χ4v) is 1.43.